The summed E-state index contributed by atoms with van der Waals surface area (Å²) in [6.07, 6.45) is 9.53. The molecule has 1 fully saturated rings. The Bertz CT molecular complexity index is 769. The first-order valence-electron chi connectivity index (χ1n) is 10.3. The maximum Gasteiger partial charge on any atom is 0.0843 e. The van der Waals surface area contributed by atoms with E-state index in [1.165, 1.54) is 55.2 Å². The molecule has 0 radical (unpaired) electrons. The summed E-state index contributed by atoms with van der Waals surface area (Å²) < 4.78 is 2.31. The summed E-state index contributed by atoms with van der Waals surface area (Å²) in [6, 6.07) is 6.76. The van der Waals surface area contributed by atoms with E-state index < -0.39 is 0 Å². The van der Waals surface area contributed by atoms with Crippen molar-refractivity contribution in [3.63, 3.8) is 0 Å². The molecule has 3 atom stereocenters. The summed E-state index contributed by atoms with van der Waals surface area (Å²) >= 11 is 6.57. The summed E-state index contributed by atoms with van der Waals surface area (Å²) in [7, 11) is 0. The van der Waals surface area contributed by atoms with E-state index in [1.807, 2.05) is 12.1 Å². The molecule has 2 aliphatic rings. The van der Waals surface area contributed by atoms with Crippen LogP contribution in [-0.4, -0.2) is 28.4 Å². The van der Waals surface area contributed by atoms with Crippen molar-refractivity contribution in [2.24, 2.45) is 5.92 Å². The Kier molecular flexibility index (Phi) is 5.58. The summed E-state index contributed by atoms with van der Waals surface area (Å²) in [5.41, 5.74) is 3.96. The first-order chi connectivity index (χ1) is 12.6. The third-order valence-electron chi connectivity index (χ3n) is 6.47. The molecular weight excluding hydrogens is 344 g/mol. The van der Waals surface area contributed by atoms with E-state index in [9.17, 15) is 5.11 Å². The second-order valence-electron chi connectivity index (χ2n) is 8.31. The van der Waals surface area contributed by atoms with Crippen LogP contribution in [0.4, 0.5) is 0 Å². The van der Waals surface area contributed by atoms with Gasteiger partial charge in [0, 0.05) is 23.7 Å². The van der Waals surface area contributed by atoms with Crippen molar-refractivity contribution in [3.05, 3.63) is 34.5 Å². The molecular formula is C22H31ClN2O. The zero-order valence-corrected chi connectivity index (χ0v) is 16.6. The molecule has 1 aromatic heterocycles. The number of benzene rings is 1. The lowest BCUT2D eigenvalue weighted by molar-refractivity contribution is 0.138. The number of aliphatic hydroxyl groups is 1. The van der Waals surface area contributed by atoms with Crippen molar-refractivity contribution in [1.29, 1.82) is 0 Å². The molecule has 0 amide bonds. The number of halogens is 1. The van der Waals surface area contributed by atoms with Crippen LogP contribution in [0, 0.1) is 5.92 Å². The van der Waals surface area contributed by atoms with Gasteiger partial charge in [-0.25, -0.2) is 0 Å². The number of nitrogens with zero attached hydrogens (tertiary/aromatic N) is 1. The number of fused-ring (bicyclic) bond motifs is 3. The van der Waals surface area contributed by atoms with E-state index in [0.29, 0.717) is 25.0 Å². The number of aryl methyl sites for hydroxylation is 1. The number of para-hydroxylation sites is 1. The molecule has 0 bridgehead atoms. The number of nitrogens with one attached hydrogen (secondary N) is 1. The summed E-state index contributed by atoms with van der Waals surface area (Å²) in [4.78, 5) is 0. The quantitative estimate of drug-likeness (QED) is 0.795. The van der Waals surface area contributed by atoms with Crippen LogP contribution >= 0.6 is 11.6 Å². The van der Waals surface area contributed by atoms with Gasteiger partial charge in [-0.05, 0) is 56.1 Å². The first-order valence-corrected chi connectivity index (χ1v) is 10.7. The zero-order valence-electron chi connectivity index (χ0n) is 15.8. The number of rotatable bonds is 5. The molecule has 2 aromatic rings. The number of hydrogen-bond donors (Lipinski definition) is 2. The highest BCUT2D eigenvalue weighted by atomic mass is 35.5. The predicted octanol–water partition coefficient (Wildman–Crippen LogP) is 4.70. The van der Waals surface area contributed by atoms with Gasteiger partial charge in [0.2, 0.25) is 0 Å². The van der Waals surface area contributed by atoms with Crippen molar-refractivity contribution in [2.75, 3.05) is 6.54 Å². The highest BCUT2D eigenvalue weighted by Crippen LogP contribution is 2.35. The Hall–Kier alpha value is -1.03. The third-order valence-corrected chi connectivity index (χ3v) is 6.77. The smallest absolute Gasteiger partial charge is 0.0843 e. The van der Waals surface area contributed by atoms with E-state index in [1.54, 1.807) is 0 Å². The number of hydrogen-bond acceptors (Lipinski definition) is 2. The summed E-state index contributed by atoms with van der Waals surface area (Å²) in [5.74, 6) is 0.713. The van der Waals surface area contributed by atoms with Crippen molar-refractivity contribution in [1.82, 2.24) is 9.88 Å². The highest BCUT2D eigenvalue weighted by Gasteiger charge is 2.24. The van der Waals surface area contributed by atoms with Crippen LogP contribution in [0.5, 0.6) is 0 Å². The molecule has 2 N–H and O–H groups in total. The monoisotopic (exact) mass is 374 g/mol. The Morgan fingerprint density at radius 3 is 2.85 bits per heavy atom. The van der Waals surface area contributed by atoms with E-state index in [-0.39, 0.29) is 6.10 Å². The second kappa shape index (κ2) is 7.92. The molecule has 1 heterocycles. The lowest BCUT2D eigenvalue weighted by Gasteiger charge is -2.30. The van der Waals surface area contributed by atoms with Crippen LogP contribution in [0.3, 0.4) is 0 Å². The molecule has 4 heteroatoms. The molecule has 4 rings (SSSR count). The molecule has 142 valence electrons. The molecule has 2 aliphatic carbocycles. The van der Waals surface area contributed by atoms with Crippen LogP contribution in [0.2, 0.25) is 5.02 Å². The van der Waals surface area contributed by atoms with Gasteiger partial charge < -0.3 is 15.0 Å². The first kappa shape index (κ1) is 18.3. The fourth-order valence-corrected chi connectivity index (χ4v) is 5.31. The van der Waals surface area contributed by atoms with Gasteiger partial charge in [-0.15, -0.1) is 0 Å². The van der Waals surface area contributed by atoms with Crippen LogP contribution in [0.25, 0.3) is 10.9 Å². The largest absolute Gasteiger partial charge is 0.390 e. The van der Waals surface area contributed by atoms with Gasteiger partial charge in [-0.1, -0.05) is 43.5 Å². The molecule has 1 aromatic carbocycles. The topological polar surface area (TPSA) is 37.2 Å². The predicted molar refractivity (Wildman–Crippen MR) is 109 cm³/mol. The molecule has 1 saturated carbocycles. The minimum absolute atomic E-state index is 0.387. The van der Waals surface area contributed by atoms with Crippen molar-refractivity contribution in [3.8, 4) is 0 Å². The van der Waals surface area contributed by atoms with Gasteiger partial charge >= 0.3 is 0 Å². The zero-order chi connectivity index (χ0) is 18.1. The van der Waals surface area contributed by atoms with Gasteiger partial charge in [0.1, 0.15) is 0 Å². The van der Waals surface area contributed by atoms with E-state index >= 15 is 0 Å². The van der Waals surface area contributed by atoms with Crippen molar-refractivity contribution >= 4 is 22.5 Å². The minimum atomic E-state index is -0.387. The maximum absolute atomic E-state index is 10.8. The Balaban J connectivity index is 1.53. The fraction of sp³-hybridized carbons (Fsp3) is 0.636. The van der Waals surface area contributed by atoms with Crippen LogP contribution in [0.15, 0.2) is 18.2 Å². The Morgan fingerprint density at radius 1 is 1.19 bits per heavy atom. The van der Waals surface area contributed by atoms with Gasteiger partial charge in [-0.2, -0.15) is 0 Å². The molecule has 0 unspecified atom stereocenters. The van der Waals surface area contributed by atoms with Gasteiger partial charge in [0.25, 0.3) is 0 Å². The third kappa shape index (κ3) is 3.54. The lowest BCUT2D eigenvalue weighted by atomic mass is 9.86. The van der Waals surface area contributed by atoms with Gasteiger partial charge in [0.05, 0.1) is 23.2 Å². The van der Waals surface area contributed by atoms with Crippen LogP contribution in [0.1, 0.15) is 56.7 Å². The second-order valence-corrected chi connectivity index (χ2v) is 8.72. The van der Waals surface area contributed by atoms with Crippen molar-refractivity contribution in [2.45, 2.75) is 77.0 Å². The van der Waals surface area contributed by atoms with E-state index in [4.69, 9.17) is 11.6 Å². The lowest BCUT2D eigenvalue weighted by Crippen LogP contribution is -2.42. The highest BCUT2D eigenvalue weighted by molar-refractivity contribution is 6.35. The van der Waals surface area contributed by atoms with E-state index in [0.717, 1.165) is 23.4 Å². The Morgan fingerprint density at radius 2 is 2.00 bits per heavy atom. The van der Waals surface area contributed by atoms with Crippen LogP contribution in [-0.2, 0) is 19.4 Å². The molecule has 26 heavy (non-hydrogen) atoms. The molecule has 0 spiro atoms. The van der Waals surface area contributed by atoms with E-state index in [2.05, 4.69) is 22.9 Å². The molecule has 0 aliphatic heterocycles. The summed E-state index contributed by atoms with van der Waals surface area (Å²) in [6.45, 7) is 3.62. The van der Waals surface area contributed by atoms with Crippen LogP contribution < -0.4 is 5.32 Å². The van der Waals surface area contributed by atoms with Crippen molar-refractivity contribution < 1.29 is 5.11 Å². The fourth-order valence-electron chi connectivity index (χ4n) is 5.03. The minimum Gasteiger partial charge on any atom is -0.390 e. The maximum atomic E-state index is 10.8. The molecule has 0 saturated heterocycles. The normalized spacial score (nSPS) is 24.6. The van der Waals surface area contributed by atoms with Gasteiger partial charge in [-0.3, -0.25) is 0 Å². The number of aliphatic hydroxyl groups excluding tert-OH is 1. The molecule has 3 nitrogen and oxygen atoms in total. The standard InChI is InChI=1S/C22H31ClN2O/c1-15-7-2-4-11-20(15)24-13-16(26)14-25-21-12-5-3-8-17(21)18-9-6-10-19(23)22(18)25/h6,9-10,15-16,20,24,26H,2-5,7-8,11-14H2,1H3/t15-,16-,20+/m1/s1. The average molecular weight is 375 g/mol. The van der Waals surface area contributed by atoms with Gasteiger partial charge in [0.15, 0.2) is 0 Å². The number of aromatic nitrogens is 1. The summed E-state index contributed by atoms with van der Waals surface area (Å²) in [5, 5.41) is 16.5. The SMILES string of the molecule is C[C@@H]1CCCC[C@@H]1NC[C@@H](O)Cn1c2c(c3cccc(Cl)c31)CCCC2. The average Bonchev–Trinajstić information content (AvgIpc) is 2.96. The Labute approximate surface area is 161 Å².